The fourth-order valence-corrected chi connectivity index (χ4v) is 4.04. The number of carbonyl (C=O) groups excluding carboxylic acids is 1. The van der Waals surface area contributed by atoms with Crippen LogP contribution in [0.4, 0.5) is 4.39 Å². The van der Waals surface area contributed by atoms with Gasteiger partial charge in [-0.2, -0.15) is 0 Å². The zero-order chi connectivity index (χ0) is 21.1. The fourth-order valence-electron chi connectivity index (χ4n) is 2.92. The minimum atomic E-state index is -0.463. The molecule has 0 aliphatic heterocycles. The van der Waals surface area contributed by atoms with Crippen LogP contribution in [0.3, 0.4) is 0 Å². The van der Waals surface area contributed by atoms with Crippen LogP contribution in [0.15, 0.2) is 78.0 Å². The van der Waals surface area contributed by atoms with Gasteiger partial charge in [0, 0.05) is 22.6 Å². The summed E-state index contributed by atoms with van der Waals surface area (Å²) in [5.41, 5.74) is 8.20. The van der Waals surface area contributed by atoms with Gasteiger partial charge in [-0.25, -0.2) is 4.39 Å². The molecule has 0 atom stereocenters. The van der Waals surface area contributed by atoms with Crippen molar-refractivity contribution in [3.05, 3.63) is 94.8 Å². The third-order valence-electron chi connectivity index (χ3n) is 4.44. The fraction of sp³-hybridized carbons (Fsp3) is 0.0455. The Kier molecular flexibility index (Phi) is 5.83. The molecule has 5 nitrogen and oxygen atoms in total. The molecule has 0 bridgehead atoms. The number of carbonyl (C=O) groups is 1. The van der Waals surface area contributed by atoms with Crippen LogP contribution < -0.4 is 5.73 Å². The maximum absolute atomic E-state index is 13.5. The number of benzene rings is 3. The van der Waals surface area contributed by atoms with Crippen molar-refractivity contribution in [1.29, 1.82) is 0 Å². The highest BCUT2D eigenvalue weighted by Crippen LogP contribution is 2.33. The molecule has 0 fully saturated rings. The highest BCUT2D eigenvalue weighted by Gasteiger charge is 2.18. The maximum atomic E-state index is 13.5. The Morgan fingerprint density at radius 2 is 1.70 bits per heavy atom. The molecule has 1 amide bonds. The molecule has 0 radical (unpaired) electrons. The largest absolute Gasteiger partial charge is 0.366 e. The molecule has 0 saturated carbocycles. The molecular formula is C22H16ClFN4OS. The van der Waals surface area contributed by atoms with Crippen molar-refractivity contribution in [2.75, 3.05) is 0 Å². The third-order valence-corrected chi connectivity index (χ3v) is 5.77. The van der Waals surface area contributed by atoms with Crippen molar-refractivity contribution in [2.24, 2.45) is 5.73 Å². The van der Waals surface area contributed by atoms with E-state index in [4.69, 9.17) is 17.3 Å². The Hall–Kier alpha value is -3.16. The minimum Gasteiger partial charge on any atom is -0.366 e. The van der Waals surface area contributed by atoms with E-state index in [9.17, 15) is 9.18 Å². The first kappa shape index (κ1) is 20.1. The summed E-state index contributed by atoms with van der Waals surface area (Å²) in [4.78, 5) is 11.2. The van der Waals surface area contributed by atoms with E-state index >= 15 is 0 Å². The summed E-state index contributed by atoms with van der Waals surface area (Å²) >= 11 is 7.85. The summed E-state index contributed by atoms with van der Waals surface area (Å²) in [5, 5.41) is 9.87. The first-order chi connectivity index (χ1) is 14.5. The lowest BCUT2D eigenvalue weighted by Gasteiger charge is -2.11. The molecule has 8 heteroatoms. The molecule has 30 heavy (non-hydrogen) atoms. The lowest BCUT2D eigenvalue weighted by molar-refractivity contribution is 0.100. The summed E-state index contributed by atoms with van der Waals surface area (Å²) in [7, 11) is 0. The highest BCUT2D eigenvalue weighted by atomic mass is 35.5. The standard InChI is InChI=1S/C22H16ClFN4OS/c23-19-4-2-1-3-18(19)21-26-27-22(28(21)17-11-9-16(24)10-12-17)30-13-14-5-7-15(8-6-14)20(25)29/h1-12H,13H2,(H2,25,29). The van der Waals surface area contributed by atoms with Gasteiger partial charge < -0.3 is 5.73 Å². The zero-order valence-electron chi connectivity index (χ0n) is 15.6. The molecular weight excluding hydrogens is 423 g/mol. The summed E-state index contributed by atoms with van der Waals surface area (Å²) in [6.45, 7) is 0. The van der Waals surface area contributed by atoms with Gasteiger partial charge in [0.05, 0.1) is 5.02 Å². The number of hydrogen-bond donors (Lipinski definition) is 1. The Labute approximate surface area is 181 Å². The first-order valence-corrected chi connectivity index (χ1v) is 10.4. The van der Waals surface area contributed by atoms with E-state index in [0.717, 1.165) is 16.8 Å². The van der Waals surface area contributed by atoms with Gasteiger partial charge in [-0.15, -0.1) is 10.2 Å². The Morgan fingerprint density at radius 1 is 1.00 bits per heavy atom. The van der Waals surface area contributed by atoms with Crippen LogP contribution >= 0.6 is 23.4 Å². The smallest absolute Gasteiger partial charge is 0.248 e. The lowest BCUT2D eigenvalue weighted by Crippen LogP contribution is -2.10. The molecule has 0 unspecified atom stereocenters. The second-order valence-corrected chi connectivity index (χ2v) is 7.80. The molecule has 0 aliphatic rings. The average Bonchev–Trinajstić information content (AvgIpc) is 3.17. The molecule has 4 aromatic rings. The quantitative estimate of drug-likeness (QED) is 0.424. The van der Waals surface area contributed by atoms with Gasteiger partial charge in [0.2, 0.25) is 5.91 Å². The number of nitrogens with zero attached hydrogens (tertiary/aromatic N) is 3. The van der Waals surface area contributed by atoms with Gasteiger partial charge in [0.25, 0.3) is 0 Å². The monoisotopic (exact) mass is 438 g/mol. The molecule has 150 valence electrons. The van der Waals surface area contributed by atoms with Crippen molar-refractivity contribution < 1.29 is 9.18 Å². The van der Waals surface area contributed by atoms with Gasteiger partial charge in [0.15, 0.2) is 11.0 Å². The van der Waals surface area contributed by atoms with Crippen LogP contribution in [0.2, 0.25) is 5.02 Å². The number of primary amides is 1. The van der Waals surface area contributed by atoms with Gasteiger partial charge in [0.1, 0.15) is 5.82 Å². The Balaban J connectivity index is 1.70. The molecule has 0 aliphatic carbocycles. The summed E-state index contributed by atoms with van der Waals surface area (Å²) in [5.74, 6) is 0.379. The van der Waals surface area contributed by atoms with E-state index in [2.05, 4.69) is 10.2 Å². The lowest BCUT2D eigenvalue weighted by atomic mass is 10.1. The predicted octanol–water partition coefficient (Wildman–Crippen LogP) is 5.12. The van der Waals surface area contributed by atoms with Crippen LogP contribution in [0.25, 0.3) is 17.1 Å². The van der Waals surface area contributed by atoms with Crippen molar-refractivity contribution in [1.82, 2.24) is 14.8 Å². The van der Waals surface area contributed by atoms with Crippen LogP contribution in [0.1, 0.15) is 15.9 Å². The summed E-state index contributed by atoms with van der Waals surface area (Å²) in [6, 6.07) is 20.6. The number of aromatic nitrogens is 3. The second kappa shape index (κ2) is 8.69. The normalized spacial score (nSPS) is 10.9. The molecule has 0 spiro atoms. The van der Waals surface area contributed by atoms with E-state index in [-0.39, 0.29) is 5.82 Å². The van der Waals surface area contributed by atoms with E-state index in [1.54, 1.807) is 30.3 Å². The van der Waals surface area contributed by atoms with Crippen LogP contribution in [0.5, 0.6) is 0 Å². The van der Waals surface area contributed by atoms with E-state index in [0.29, 0.717) is 27.3 Å². The van der Waals surface area contributed by atoms with Crippen molar-refractivity contribution in [3.8, 4) is 17.1 Å². The molecule has 1 aromatic heterocycles. The highest BCUT2D eigenvalue weighted by molar-refractivity contribution is 7.98. The van der Waals surface area contributed by atoms with Gasteiger partial charge >= 0.3 is 0 Å². The number of thioether (sulfide) groups is 1. The van der Waals surface area contributed by atoms with Gasteiger partial charge in [-0.1, -0.05) is 47.6 Å². The Bertz CT molecular complexity index is 1190. The van der Waals surface area contributed by atoms with Gasteiger partial charge in [-0.3, -0.25) is 9.36 Å². The third kappa shape index (κ3) is 4.22. The van der Waals surface area contributed by atoms with Crippen LogP contribution in [0, 0.1) is 5.82 Å². The number of nitrogens with two attached hydrogens (primary N) is 1. The van der Waals surface area contributed by atoms with Crippen molar-refractivity contribution >= 4 is 29.3 Å². The molecule has 4 rings (SSSR count). The van der Waals surface area contributed by atoms with Crippen molar-refractivity contribution in [2.45, 2.75) is 10.9 Å². The van der Waals surface area contributed by atoms with Crippen LogP contribution in [-0.4, -0.2) is 20.7 Å². The average molecular weight is 439 g/mol. The summed E-state index contributed by atoms with van der Waals surface area (Å²) < 4.78 is 15.3. The molecule has 2 N–H and O–H groups in total. The van der Waals surface area contributed by atoms with E-state index in [1.807, 2.05) is 34.9 Å². The summed E-state index contributed by atoms with van der Waals surface area (Å²) in [6.07, 6.45) is 0. The Morgan fingerprint density at radius 3 is 2.37 bits per heavy atom. The molecule has 3 aromatic carbocycles. The topological polar surface area (TPSA) is 73.8 Å². The van der Waals surface area contributed by atoms with E-state index < -0.39 is 5.91 Å². The number of rotatable bonds is 6. The van der Waals surface area contributed by atoms with Crippen LogP contribution in [-0.2, 0) is 5.75 Å². The predicted molar refractivity (Wildman–Crippen MR) is 116 cm³/mol. The minimum absolute atomic E-state index is 0.324. The number of hydrogen-bond acceptors (Lipinski definition) is 4. The molecule has 0 saturated heterocycles. The second-order valence-electron chi connectivity index (χ2n) is 6.45. The maximum Gasteiger partial charge on any atom is 0.248 e. The first-order valence-electron chi connectivity index (χ1n) is 9.01. The SMILES string of the molecule is NC(=O)c1ccc(CSc2nnc(-c3ccccc3Cl)n2-c2ccc(F)cc2)cc1. The number of amides is 1. The van der Waals surface area contributed by atoms with Gasteiger partial charge in [-0.05, 0) is 54.1 Å². The zero-order valence-corrected chi connectivity index (χ0v) is 17.2. The molecule has 1 heterocycles. The number of halogens is 2. The van der Waals surface area contributed by atoms with E-state index in [1.165, 1.54) is 23.9 Å². The van der Waals surface area contributed by atoms with Crippen molar-refractivity contribution in [3.63, 3.8) is 0 Å².